The number of nitrogens with one attached hydrogen (secondary N) is 2. The number of rotatable bonds is 4. The van der Waals surface area contributed by atoms with Crippen molar-refractivity contribution in [3.8, 4) is 0 Å². The zero-order chi connectivity index (χ0) is 18.0. The number of amides is 2. The maximum absolute atomic E-state index is 12.8. The third-order valence-corrected chi connectivity index (χ3v) is 4.94. The fraction of sp³-hybridized carbons (Fsp3) is 0.167. The molecule has 0 spiro atoms. The number of anilines is 2. The molecular formula is C18H16ClN3O2S. The van der Waals surface area contributed by atoms with Gasteiger partial charge in [-0.15, -0.1) is 22.9 Å². The van der Waals surface area contributed by atoms with Crippen LogP contribution in [0.4, 0.5) is 11.4 Å². The van der Waals surface area contributed by atoms with Gasteiger partial charge in [0, 0.05) is 16.8 Å². The summed E-state index contributed by atoms with van der Waals surface area (Å²) in [4.78, 5) is 30.2. The average molecular weight is 374 g/mol. The second-order valence-corrected chi connectivity index (χ2v) is 6.84. The van der Waals surface area contributed by atoms with Crippen molar-refractivity contribution in [3.63, 3.8) is 0 Å². The van der Waals surface area contributed by atoms with Gasteiger partial charge in [0.15, 0.2) is 0 Å². The maximum atomic E-state index is 12.8. The van der Waals surface area contributed by atoms with Crippen LogP contribution in [0.15, 0.2) is 36.4 Å². The first kappa shape index (κ1) is 17.4. The molecule has 3 rings (SSSR count). The summed E-state index contributed by atoms with van der Waals surface area (Å²) >= 11 is 6.87. The molecule has 0 unspecified atom stereocenters. The number of carbonyl (C=O) groups excluding carboxylic acids is 2. The van der Waals surface area contributed by atoms with Gasteiger partial charge in [0.1, 0.15) is 15.6 Å². The lowest BCUT2D eigenvalue weighted by Gasteiger charge is -2.08. The van der Waals surface area contributed by atoms with Crippen LogP contribution in [0.5, 0.6) is 0 Å². The standard InChI is InChI=1S/C18H16ClN3O2S/c1-10-8-11(2)20-18-14(10)15(22-13(23)9-19)16(25-18)17(24)21-12-6-4-3-5-7-12/h3-8H,9H2,1-2H3,(H,21,24)(H,22,23). The van der Waals surface area contributed by atoms with E-state index in [1.165, 1.54) is 11.3 Å². The van der Waals surface area contributed by atoms with Gasteiger partial charge >= 0.3 is 0 Å². The molecule has 5 nitrogen and oxygen atoms in total. The number of carbonyl (C=O) groups is 2. The van der Waals surface area contributed by atoms with Crippen molar-refractivity contribution in [1.82, 2.24) is 4.98 Å². The molecule has 0 saturated heterocycles. The fourth-order valence-corrected chi connectivity index (χ4v) is 3.82. The van der Waals surface area contributed by atoms with Gasteiger partial charge in [-0.2, -0.15) is 0 Å². The Morgan fingerprint density at radius 3 is 2.56 bits per heavy atom. The molecule has 2 aromatic heterocycles. The molecule has 2 heterocycles. The van der Waals surface area contributed by atoms with E-state index in [2.05, 4.69) is 15.6 Å². The van der Waals surface area contributed by atoms with Crippen LogP contribution in [0, 0.1) is 13.8 Å². The van der Waals surface area contributed by atoms with E-state index >= 15 is 0 Å². The minimum absolute atomic E-state index is 0.185. The number of alkyl halides is 1. The second-order valence-electron chi connectivity index (χ2n) is 5.57. The van der Waals surface area contributed by atoms with E-state index < -0.39 is 0 Å². The molecule has 128 valence electrons. The van der Waals surface area contributed by atoms with Crippen molar-refractivity contribution in [1.29, 1.82) is 0 Å². The van der Waals surface area contributed by atoms with Crippen LogP contribution < -0.4 is 10.6 Å². The molecule has 3 aromatic rings. The summed E-state index contributed by atoms with van der Waals surface area (Å²) in [6.45, 7) is 3.83. The first-order valence-corrected chi connectivity index (χ1v) is 8.97. The molecule has 0 atom stereocenters. The minimum Gasteiger partial charge on any atom is -0.323 e. The zero-order valence-corrected chi connectivity index (χ0v) is 15.3. The van der Waals surface area contributed by atoms with Gasteiger partial charge < -0.3 is 10.6 Å². The molecule has 0 aliphatic carbocycles. The Morgan fingerprint density at radius 2 is 1.88 bits per heavy atom. The summed E-state index contributed by atoms with van der Waals surface area (Å²) < 4.78 is 0. The smallest absolute Gasteiger partial charge is 0.267 e. The molecule has 0 aliphatic rings. The lowest BCUT2D eigenvalue weighted by Crippen LogP contribution is -2.17. The van der Waals surface area contributed by atoms with Crippen molar-refractivity contribution < 1.29 is 9.59 Å². The van der Waals surface area contributed by atoms with Crippen molar-refractivity contribution in [2.45, 2.75) is 13.8 Å². The topological polar surface area (TPSA) is 71.1 Å². The van der Waals surface area contributed by atoms with Gasteiger partial charge in [0.2, 0.25) is 5.91 Å². The van der Waals surface area contributed by atoms with E-state index in [9.17, 15) is 9.59 Å². The van der Waals surface area contributed by atoms with Gasteiger partial charge in [-0.05, 0) is 37.6 Å². The van der Waals surface area contributed by atoms with Crippen molar-refractivity contribution in [3.05, 3.63) is 52.5 Å². The Kier molecular flexibility index (Phi) is 5.01. The summed E-state index contributed by atoms with van der Waals surface area (Å²) in [7, 11) is 0. The Morgan fingerprint density at radius 1 is 1.16 bits per heavy atom. The number of para-hydroxylation sites is 1. The summed E-state index contributed by atoms with van der Waals surface area (Å²) in [5.74, 6) is -0.846. The summed E-state index contributed by atoms with van der Waals surface area (Å²) in [6.07, 6.45) is 0. The van der Waals surface area contributed by atoms with Gasteiger partial charge in [-0.1, -0.05) is 18.2 Å². The van der Waals surface area contributed by atoms with Crippen LogP contribution in [0.2, 0.25) is 0 Å². The van der Waals surface area contributed by atoms with E-state index in [0.717, 1.165) is 16.6 Å². The number of nitrogens with zero attached hydrogens (tertiary/aromatic N) is 1. The SMILES string of the molecule is Cc1cc(C)c2c(NC(=O)CCl)c(C(=O)Nc3ccccc3)sc2n1. The molecule has 0 radical (unpaired) electrons. The average Bonchev–Trinajstić information content (AvgIpc) is 2.94. The van der Waals surface area contributed by atoms with E-state index in [-0.39, 0.29) is 17.7 Å². The predicted octanol–water partition coefficient (Wildman–Crippen LogP) is 4.34. The number of halogens is 1. The summed E-state index contributed by atoms with van der Waals surface area (Å²) in [5.41, 5.74) is 2.95. The highest BCUT2D eigenvalue weighted by molar-refractivity contribution is 7.21. The lowest BCUT2D eigenvalue weighted by atomic mass is 10.1. The highest BCUT2D eigenvalue weighted by Gasteiger charge is 2.22. The van der Waals surface area contributed by atoms with Crippen LogP contribution in [0.25, 0.3) is 10.2 Å². The van der Waals surface area contributed by atoms with Crippen LogP contribution in [-0.4, -0.2) is 22.7 Å². The normalized spacial score (nSPS) is 10.7. The zero-order valence-electron chi connectivity index (χ0n) is 13.7. The number of aryl methyl sites for hydroxylation is 2. The first-order chi connectivity index (χ1) is 12.0. The highest BCUT2D eigenvalue weighted by atomic mass is 35.5. The van der Waals surface area contributed by atoms with Gasteiger partial charge in [-0.3, -0.25) is 9.59 Å². The van der Waals surface area contributed by atoms with Crippen molar-refractivity contribution >= 4 is 56.3 Å². The molecule has 7 heteroatoms. The molecule has 0 aliphatic heterocycles. The van der Waals surface area contributed by atoms with Crippen LogP contribution in [0.1, 0.15) is 20.9 Å². The van der Waals surface area contributed by atoms with Crippen molar-refractivity contribution in [2.75, 3.05) is 16.5 Å². The van der Waals surface area contributed by atoms with E-state index in [4.69, 9.17) is 11.6 Å². The molecule has 0 fully saturated rings. The van der Waals surface area contributed by atoms with Crippen LogP contribution >= 0.6 is 22.9 Å². The van der Waals surface area contributed by atoms with E-state index in [1.54, 1.807) is 12.1 Å². The number of hydrogen-bond donors (Lipinski definition) is 2. The largest absolute Gasteiger partial charge is 0.323 e. The summed E-state index contributed by atoms with van der Waals surface area (Å²) in [5, 5.41) is 6.36. The molecule has 0 saturated carbocycles. The molecule has 2 N–H and O–H groups in total. The number of hydrogen-bond acceptors (Lipinski definition) is 4. The molecule has 25 heavy (non-hydrogen) atoms. The molecule has 0 bridgehead atoms. The quantitative estimate of drug-likeness (QED) is 0.668. The fourth-order valence-electron chi connectivity index (χ4n) is 2.60. The van der Waals surface area contributed by atoms with Gasteiger partial charge in [-0.25, -0.2) is 4.98 Å². The molecule has 1 aromatic carbocycles. The Labute approximate surface area is 154 Å². The minimum atomic E-state index is -0.366. The highest BCUT2D eigenvalue weighted by Crippen LogP contribution is 2.37. The van der Waals surface area contributed by atoms with E-state index in [1.807, 2.05) is 38.1 Å². The number of fused-ring (bicyclic) bond motifs is 1. The van der Waals surface area contributed by atoms with Gasteiger partial charge in [0.25, 0.3) is 5.91 Å². The Balaban J connectivity index is 2.09. The number of benzene rings is 1. The number of pyridine rings is 1. The van der Waals surface area contributed by atoms with Crippen molar-refractivity contribution in [2.24, 2.45) is 0 Å². The maximum Gasteiger partial charge on any atom is 0.267 e. The Bertz CT molecular complexity index is 954. The molecular weight excluding hydrogens is 358 g/mol. The first-order valence-electron chi connectivity index (χ1n) is 7.62. The third-order valence-electron chi connectivity index (χ3n) is 3.61. The van der Waals surface area contributed by atoms with Crippen LogP contribution in [0.3, 0.4) is 0 Å². The summed E-state index contributed by atoms with van der Waals surface area (Å²) in [6, 6.07) is 11.1. The Hall–Kier alpha value is -2.44. The van der Waals surface area contributed by atoms with Gasteiger partial charge in [0.05, 0.1) is 5.69 Å². The molecule has 2 amide bonds. The predicted molar refractivity (Wildman–Crippen MR) is 103 cm³/mol. The van der Waals surface area contributed by atoms with E-state index in [0.29, 0.717) is 21.1 Å². The van der Waals surface area contributed by atoms with Crippen LogP contribution in [-0.2, 0) is 4.79 Å². The number of aromatic nitrogens is 1. The third kappa shape index (κ3) is 3.65. The number of thiophene rings is 1. The monoisotopic (exact) mass is 373 g/mol. The lowest BCUT2D eigenvalue weighted by molar-refractivity contribution is -0.113. The second kappa shape index (κ2) is 7.21.